The second-order valence-electron chi connectivity index (χ2n) is 7.95. The maximum atomic E-state index is 15.1. The van der Waals surface area contributed by atoms with Crippen molar-refractivity contribution < 1.29 is 14.3 Å². The number of aromatic nitrogens is 4. The Morgan fingerprint density at radius 1 is 1.03 bits per heavy atom. The predicted octanol–water partition coefficient (Wildman–Crippen LogP) is 4.74. The first-order chi connectivity index (χ1) is 17.0. The molecular weight excluding hydrogens is 471 g/mol. The first-order valence-corrected chi connectivity index (χ1v) is 11.0. The average molecular weight is 487 g/mol. The van der Waals surface area contributed by atoms with Gasteiger partial charge in [0.25, 0.3) is 5.91 Å². The molecule has 1 aliphatic heterocycles. The van der Waals surface area contributed by atoms with Crippen LogP contribution >= 0.6 is 11.6 Å². The largest absolute Gasteiger partial charge is 0.363 e. The van der Waals surface area contributed by atoms with Crippen LogP contribution in [0.15, 0.2) is 79.1 Å². The summed E-state index contributed by atoms with van der Waals surface area (Å²) in [5.74, 6) is -0.581. The van der Waals surface area contributed by atoms with E-state index in [1.54, 1.807) is 60.9 Å². The maximum Gasteiger partial charge on any atom is 0.261 e. The molecule has 3 heterocycles. The molecule has 0 bridgehead atoms. The number of aromatic amines is 1. The Hall–Kier alpha value is -4.34. The molecule has 0 aliphatic carbocycles. The van der Waals surface area contributed by atoms with Gasteiger partial charge in [0.1, 0.15) is 0 Å². The van der Waals surface area contributed by atoms with E-state index in [0.29, 0.717) is 34.1 Å². The van der Waals surface area contributed by atoms with Crippen LogP contribution in [0.3, 0.4) is 0 Å². The molecule has 3 N–H and O–H groups in total. The number of nitrogens with one attached hydrogen (secondary N) is 2. The van der Waals surface area contributed by atoms with Gasteiger partial charge in [0.05, 0.1) is 21.7 Å². The number of nitrogens with zero attached hydrogens (tertiary/aromatic N) is 4. The summed E-state index contributed by atoms with van der Waals surface area (Å²) in [6, 6.07) is 17.7. The van der Waals surface area contributed by atoms with Gasteiger partial charge < -0.3 is 10.1 Å². The van der Waals surface area contributed by atoms with Crippen LogP contribution in [0.25, 0.3) is 11.0 Å². The smallest absolute Gasteiger partial charge is 0.261 e. The van der Waals surface area contributed by atoms with Crippen LogP contribution < -0.4 is 10.2 Å². The lowest BCUT2D eigenvalue weighted by Crippen LogP contribution is -2.45. The molecule has 0 fully saturated rings. The Balaban J connectivity index is 1.50. The molecule has 0 saturated carbocycles. The fraction of sp³-hybridized carbons (Fsp3) is 0.0400. The van der Waals surface area contributed by atoms with Gasteiger partial charge in [-0.25, -0.2) is 19.3 Å². The number of H-pyrrole nitrogens is 1. The zero-order chi connectivity index (χ0) is 24.2. The van der Waals surface area contributed by atoms with E-state index in [4.69, 9.17) is 11.6 Å². The van der Waals surface area contributed by atoms with Crippen molar-refractivity contribution in [2.75, 3.05) is 10.2 Å². The minimum absolute atomic E-state index is 0.130. The van der Waals surface area contributed by atoms with Crippen molar-refractivity contribution >= 4 is 46.1 Å². The van der Waals surface area contributed by atoms with Crippen molar-refractivity contribution in [1.82, 2.24) is 19.9 Å². The van der Waals surface area contributed by atoms with E-state index < -0.39 is 17.4 Å². The Bertz CT molecular complexity index is 1610. The molecule has 6 rings (SSSR count). The summed E-state index contributed by atoms with van der Waals surface area (Å²) in [4.78, 5) is 30.3. The van der Waals surface area contributed by atoms with Gasteiger partial charge in [-0.05, 0) is 36.4 Å². The maximum absolute atomic E-state index is 15.1. The summed E-state index contributed by atoms with van der Waals surface area (Å²) >= 11 is 6.01. The number of hydrogen-bond acceptors (Lipinski definition) is 6. The molecule has 0 radical (unpaired) electrons. The van der Waals surface area contributed by atoms with Crippen LogP contribution in [-0.4, -0.2) is 30.9 Å². The molecule has 0 spiro atoms. The van der Waals surface area contributed by atoms with Gasteiger partial charge in [0.15, 0.2) is 11.5 Å². The SMILES string of the molecule is O=C1c2ccccc2C(O)(c2ccc3nc(Nc4ncccn4)[nH]c3c2)N1c1cccc(Cl)c1F. The van der Waals surface area contributed by atoms with E-state index in [2.05, 4.69) is 25.3 Å². The lowest BCUT2D eigenvalue weighted by atomic mass is 9.93. The Morgan fingerprint density at radius 3 is 2.66 bits per heavy atom. The average Bonchev–Trinajstić information content (AvgIpc) is 3.38. The summed E-state index contributed by atoms with van der Waals surface area (Å²) in [6.45, 7) is 0. The first kappa shape index (κ1) is 21.2. The molecule has 1 unspecified atom stereocenters. The number of amides is 1. The van der Waals surface area contributed by atoms with Crippen LogP contribution in [0.1, 0.15) is 21.5 Å². The summed E-state index contributed by atoms with van der Waals surface area (Å²) < 4.78 is 15.1. The minimum atomic E-state index is -1.99. The zero-order valence-corrected chi connectivity index (χ0v) is 18.7. The molecule has 5 aromatic rings. The van der Waals surface area contributed by atoms with Gasteiger partial charge in [-0.2, -0.15) is 0 Å². The highest BCUT2D eigenvalue weighted by Crippen LogP contribution is 2.46. The van der Waals surface area contributed by atoms with Gasteiger partial charge >= 0.3 is 0 Å². The van der Waals surface area contributed by atoms with Crippen LogP contribution in [-0.2, 0) is 5.72 Å². The quantitative estimate of drug-likeness (QED) is 0.338. The number of imidazole rings is 1. The molecule has 172 valence electrons. The van der Waals surface area contributed by atoms with Crippen LogP contribution in [0.2, 0.25) is 5.02 Å². The number of aliphatic hydroxyl groups is 1. The van der Waals surface area contributed by atoms with E-state index in [-0.39, 0.29) is 16.3 Å². The third-order valence-electron chi connectivity index (χ3n) is 5.91. The Kier molecular flexibility index (Phi) is 4.77. The predicted molar refractivity (Wildman–Crippen MR) is 129 cm³/mol. The van der Waals surface area contributed by atoms with Crippen LogP contribution in [0.5, 0.6) is 0 Å². The number of carbonyl (C=O) groups is 1. The summed E-state index contributed by atoms with van der Waals surface area (Å²) in [5, 5.41) is 15.0. The molecule has 1 atom stereocenters. The van der Waals surface area contributed by atoms with E-state index in [1.807, 2.05) is 0 Å². The van der Waals surface area contributed by atoms with Crippen LogP contribution in [0.4, 0.5) is 22.0 Å². The first-order valence-electron chi connectivity index (χ1n) is 10.6. The Labute approximate surface area is 203 Å². The fourth-order valence-electron chi connectivity index (χ4n) is 4.35. The minimum Gasteiger partial charge on any atom is -0.363 e. The molecule has 1 amide bonds. The standard InChI is InChI=1S/C25H16ClFN6O2/c26-17-7-3-8-20(21(17)27)33-22(34)15-5-1-2-6-16(15)25(33,35)14-9-10-18-19(13-14)31-24(30-18)32-23-28-11-4-12-29-23/h1-13,35H,(H2,28,29,30,31,32). The van der Waals surface area contributed by atoms with Crippen molar-refractivity contribution in [3.8, 4) is 0 Å². The lowest BCUT2D eigenvalue weighted by Gasteiger charge is -2.35. The third-order valence-corrected chi connectivity index (χ3v) is 6.20. The number of anilines is 3. The van der Waals surface area contributed by atoms with Crippen molar-refractivity contribution in [3.63, 3.8) is 0 Å². The van der Waals surface area contributed by atoms with E-state index >= 15 is 4.39 Å². The third kappa shape index (κ3) is 3.24. The summed E-state index contributed by atoms with van der Waals surface area (Å²) in [6.07, 6.45) is 3.20. The second kappa shape index (κ2) is 7.86. The highest BCUT2D eigenvalue weighted by atomic mass is 35.5. The van der Waals surface area contributed by atoms with E-state index in [9.17, 15) is 9.90 Å². The summed E-state index contributed by atoms with van der Waals surface area (Å²) in [5.41, 5.74) is 0.00564. The number of hydrogen-bond donors (Lipinski definition) is 3. The fourth-order valence-corrected chi connectivity index (χ4v) is 4.52. The van der Waals surface area contributed by atoms with Crippen molar-refractivity contribution in [2.24, 2.45) is 0 Å². The molecule has 2 aromatic heterocycles. The van der Waals surface area contributed by atoms with E-state index in [1.165, 1.54) is 18.2 Å². The normalized spacial score (nSPS) is 17.1. The van der Waals surface area contributed by atoms with Gasteiger partial charge in [0, 0.05) is 29.1 Å². The number of halogens is 2. The van der Waals surface area contributed by atoms with Gasteiger partial charge in [-0.15, -0.1) is 0 Å². The van der Waals surface area contributed by atoms with Gasteiger partial charge in [-0.3, -0.25) is 15.0 Å². The number of rotatable bonds is 4. The second-order valence-corrected chi connectivity index (χ2v) is 8.35. The molecule has 3 aromatic carbocycles. The van der Waals surface area contributed by atoms with Gasteiger partial charge in [-0.1, -0.05) is 41.9 Å². The molecule has 1 aliphatic rings. The van der Waals surface area contributed by atoms with Crippen LogP contribution in [0, 0.1) is 5.82 Å². The number of carbonyl (C=O) groups excluding carboxylic acids is 1. The van der Waals surface area contributed by atoms with Crippen molar-refractivity contribution in [2.45, 2.75) is 5.72 Å². The van der Waals surface area contributed by atoms with Crippen molar-refractivity contribution in [3.05, 3.63) is 107 Å². The topological polar surface area (TPSA) is 107 Å². The van der Waals surface area contributed by atoms with Gasteiger partial charge in [0.2, 0.25) is 11.9 Å². The molecule has 0 saturated heterocycles. The number of fused-ring (bicyclic) bond motifs is 2. The monoisotopic (exact) mass is 486 g/mol. The van der Waals surface area contributed by atoms with E-state index in [0.717, 1.165) is 4.90 Å². The highest BCUT2D eigenvalue weighted by molar-refractivity contribution is 6.31. The highest BCUT2D eigenvalue weighted by Gasteiger charge is 2.51. The lowest BCUT2D eigenvalue weighted by molar-refractivity contribution is 0.0699. The van der Waals surface area contributed by atoms with Crippen molar-refractivity contribution in [1.29, 1.82) is 0 Å². The molecular formula is C25H16ClFN6O2. The molecule has 35 heavy (non-hydrogen) atoms. The molecule has 8 nitrogen and oxygen atoms in total. The molecule has 10 heteroatoms. The number of benzene rings is 3. The summed E-state index contributed by atoms with van der Waals surface area (Å²) in [7, 11) is 0. The zero-order valence-electron chi connectivity index (χ0n) is 17.9. The Morgan fingerprint density at radius 2 is 1.83 bits per heavy atom.